The van der Waals surface area contributed by atoms with E-state index in [9.17, 15) is 0 Å². The monoisotopic (exact) mass is 458 g/mol. The van der Waals surface area contributed by atoms with Crippen molar-refractivity contribution in [2.75, 3.05) is 18.0 Å². The van der Waals surface area contributed by atoms with Crippen LogP contribution in [-0.2, 0) is 6.42 Å². The summed E-state index contributed by atoms with van der Waals surface area (Å²) in [6.45, 7) is 4.16. The Bertz CT molecular complexity index is 1410. The largest absolute Gasteiger partial charge is 0.356 e. The molecule has 35 heavy (non-hydrogen) atoms. The highest BCUT2D eigenvalue weighted by atomic mass is 15.2. The molecule has 5 aromatic rings. The van der Waals surface area contributed by atoms with Crippen molar-refractivity contribution in [3.05, 3.63) is 109 Å². The zero-order chi connectivity index (χ0) is 23.6. The number of benzene rings is 3. The summed E-state index contributed by atoms with van der Waals surface area (Å²) in [4.78, 5) is 12.1. The first-order valence-corrected chi connectivity index (χ1v) is 12.5. The van der Waals surface area contributed by atoms with Crippen molar-refractivity contribution in [2.24, 2.45) is 5.92 Å². The first-order chi connectivity index (χ1) is 17.3. The Kier molecular flexibility index (Phi) is 5.79. The zero-order valence-corrected chi connectivity index (χ0v) is 20.1. The second kappa shape index (κ2) is 9.38. The van der Waals surface area contributed by atoms with Crippen molar-refractivity contribution in [1.29, 1.82) is 0 Å². The van der Waals surface area contributed by atoms with Gasteiger partial charge in [-0.1, -0.05) is 78.4 Å². The number of fused-ring (bicyclic) bond motifs is 1. The highest BCUT2D eigenvalue weighted by molar-refractivity contribution is 6.02. The van der Waals surface area contributed by atoms with Gasteiger partial charge in [0.15, 0.2) is 5.65 Å². The second-order valence-corrected chi connectivity index (χ2v) is 9.63. The molecule has 3 heterocycles. The smallest absolute Gasteiger partial charge is 0.150 e. The van der Waals surface area contributed by atoms with Gasteiger partial charge in [-0.2, -0.15) is 0 Å². The number of aromatic nitrogens is 3. The summed E-state index contributed by atoms with van der Waals surface area (Å²) in [5.41, 5.74) is 7.15. The summed E-state index contributed by atoms with van der Waals surface area (Å²) in [5.74, 6) is 1.77. The number of rotatable bonds is 5. The van der Waals surface area contributed by atoms with Crippen LogP contribution in [0.2, 0.25) is 0 Å². The quantitative estimate of drug-likeness (QED) is 0.289. The second-order valence-electron chi connectivity index (χ2n) is 9.63. The predicted molar refractivity (Wildman–Crippen MR) is 144 cm³/mol. The van der Waals surface area contributed by atoms with Crippen molar-refractivity contribution < 1.29 is 0 Å². The van der Waals surface area contributed by atoms with Gasteiger partial charge in [-0.25, -0.2) is 9.97 Å². The molecule has 0 amide bonds. The lowest BCUT2D eigenvalue weighted by Crippen LogP contribution is -2.35. The fourth-order valence-corrected chi connectivity index (χ4v) is 5.32. The van der Waals surface area contributed by atoms with E-state index >= 15 is 0 Å². The van der Waals surface area contributed by atoms with Crippen LogP contribution in [-0.4, -0.2) is 27.6 Å². The molecule has 0 atom stereocenters. The zero-order valence-electron chi connectivity index (χ0n) is 20.1. The molecule has 1 saturated heterocycles. The molecular formula is C31H30N4. The first kappa shape index (κ1) is 21.6. The van der Waals surface area contributed by atoms with Gasteiger partial charge in [-0.05, 0) is 55.4 Å². The number of piperidine rings is 1. The molecular weight excluding hydrogens is 428 g/mol. The molecule has 0 bridgehead atoms. The van der Waals surface area contributed by atoms with Gasteiger partial charge in [-0.3, -0.25) is 0 Å². The van der Waals surface area contributed by atoms with Gasteiger partial charge >= 0.3 is 0 Å². The molecule has 174 valence electrons. The lowest BCUT2D eigenvalue weighted by molar-refractivity contribution is 0.402. The summed E-state index contributed by atoms with van der Waals surface area (Å²) in [6.07, 6.45) is 7.48. The lowest BCUT2D eigenvalue weighted by Gasteiger charge is -2.33. The Morgan fingerprint density at radius 2 is 1.49 bits per heavy atom. The van der Waals surface area contributed by atoms with E-state index in [4.69, 9.17) is 9.97 Å². The van der Waals surface area contributed by atoms with Gasteiger partial charge in [0.1, 0.15) is 12.1 Å². The number of hydrogen-bond donors (Lipinski definition) is 0. The van der Waals surface area contributed by atoms with Crippen LogP contribution in [0.4, 0.5) is 5.82 Å². The molecule has 4 nitrogen and oxygen atoms in total. The standard InChI is InChI=1S/C31H30N4/c1-23-12-14-27(15-13-23)35-21-28(26-10-6-3-7-11-26)29-30(32-22-33-31(29)35)34-18-16-25(17-19-34)20-24-8-4-2-5-9-24/h2-15,21-22,25H,16-20H2,1H3. The van der Waals surface area contributed by atoms with Crippen molar-refractivity contribution in [3.63, 3.8) is 0 Å². The van der Waals surface area contributed by atoms with E-state index in [0.29, 0.717) is 0 Å². The number of nitrogens with zero attached hydrogens (tertiary/aromatic N) is 4. The Labute approximate surface area is 206 Å². The Morgan fingerprint density at radius 3 is 2.20 bits per heavy atom. The molecule has 0 saturated carbocycles. The van der Waals surface area contributed by atoms with Crippen LogP contribution in [0.1, 0.15) is 24.0 Å². The minimum absolute atomic E-state index is 0.719. The summed E-state index contributed by atoms with van der Waals surface area (Å²) < 4.78 is 2.21. The Hall–Kier alpha value is -3.92. The first-order valence-electron chi connectivity index (χ1n) is 12.5. The molecule has 2 aromatic heterocycles. The number of hydrogen-bond acceptors (Lipinski definition) is 3. The average Bonchev–Trinajstić information content (AvgIpc) is 3.31. The van der Waals surface area contributed by atoms with Crippen molar-refractivity contribution >= 4 is 16.9 Å². The van der Waals surface area contributed by atoms with Crippen LogP contribution in [0.25, 0.3) is 27.8 Å². The van der Waals surface area contributed by atoms with Crippen molar-refractivity contribution in [2.45, 2.75) is 26.2 Å². The van der Waals surface area contributed by atoms with E-state index in [-0.39, 0.29) is 0 Å². The van der Waals surface area contributed by atoms with Gasteiger partial charge in [0, 0.05) is 30.5 Å². The van der Waals surface area contributed by atoms with Crippen LogP contribution in [0.3, 0.4) is 0 Å². The third kappa shape index (κ3) is 4.32. The van der Waals surface area contributed by atoms with E-state index in [1.807, 2.05) is 0 Å². The topological polar surface area (TPSA) is 34.0 Å². The Morgan fingerprint density at radius 1 is 0.800 bits per heavy atom. The van der Waals surface area contributed by atoms with Crippen LogP contribution in [0.5, 0.6) is 0 Å². The maximum Gasteiger partial charge on any atom is 0.150 e. The minimum Gasteiger partial charge on any atom is -0.356 e. The van der Waals surface area contributed by atoms with Crippen molar-refractivity contribution in [1.82, 2.24) is 14.5 Å². The molecule has 0 unspecified atom stereocenters. The molecule has 0 N–H and O–H groups in total. The van der Waals surface area contributed by atoms with Crippen LogP contribution < -0.4 is 4.90 Å². The molecule has 0 spiro atoms. The summed E-state index contributed by atoms with van der Waals surface area (Å²) in [5, 5.41) is 1.14. The van der Waals surface area contributed by atoms with Gasteiger partial charge < -0.3 is 9.47 Å². The van der Waals surface area contributed by atoms with Gasteiger partial charge in [0.2, 0.25) is 0 Å². The summed E-state index contributed by atoms with van der Waals surface area (Å²) in [7, 11) is 0. The SMILES string of the molecule is Cc1ccc(-n2cc(-c3ccccc3)c3c(N4CCC(Cc5ccccc5)CC4)ncnc32)cc1. The maximum atomic E-state index is 4.85. The molecule has 4 heteroatoms. The number of anilines is 1. The number of aryl methyl sites for hydroxylation is 1. The van der Waals surface area contributed by atoms with E-state index in [2.05, 4.69) is 108 Å². The lowest BCUT2D eigenvalue weighted by atomic mass is 9.90. The highest BCUT2D eigenvalue weighted by Crippen LogP contribution is 2.38. The third-order valence-electron chi connectivity index (χ3n) is 7.24. The molecule has 1 fully saturated rings. The third-order valence-corrected chi connectivity index (χ3v) is 7.24. The molecule has 3 aromatic carbocycles. The average molecular weight is 459 g/mol. The maximum absolute atomic E-state index is 4.85. The van der Waals surface area contributed by atoms with E-state index in [1.54, 1.807) is 6.33 Å². The van der Waals surface area contributed by atoms with Crippen LogP contribution in [0.15, 0.2) is 97.5 Å². The fraction of sp³-hybridized carbons (Fsp3) is 0.226. The van der Waals surface area contributed by atoms with E-state index in [0.717, 1.165) is 48.0 Å². The predicted octanol–water partition coefficient (Wildman–Crippen LogP) is 6.86. The normalized spacial score (nSPS) is 14.5. The highest BCUT2D eigenvalue weighted by Gasteiger charge is 2.25. The molecule has 6 rings (SSSR count). The van der Waals surface area contributed by atoms with E-state index < -0.39 is 0 Å². The Balaban J connectivity index is 1.37. The molecule has 0 aliphatic carbocycles. The van der Waals surface area contributed by atoms with Crippen LogP contribution in [0, 0.1) is 12.8 Å². The van der Waals surface area contributed by atoms with Gasteiger partial charge in [-0.15, -0.1) is 0 Å². The molecule has 1 aliphatic rings. The van der Waals surface area contributed by atoms with E-state index in [1.165, 1.54) is 35.1 Å². The van der Waals surface area contributed by atoms with Crippen molar-refractivity contribution in [3.8, 4) is 16.8 Å². The fourth-order valence-electron chi connectivity index (χ4n) is 5.32. The summed E-state index contributed by atoms with van der Waals surface area (Å²) in [6, 6.07) is 30.2. The van der Waals surface area contributed by atoms with Gasteiger partial charge in [0.25, 0.3) is 0 Å². The molecule has 0 radical (unpaired) electrons. The summed E-state index contributed by atoms with van der Waals surface area (Å²) >= 11 is 0. The van der Waals surface area contributed by atoms with Crippen LogP contribution >= 0.6 is 0 Å². The van der Waals surface area contributed by atoms with Gasteiger partial charge in [0.05, 0.1) is 5.39 Å². The minimum atomic E-state index is 0.719. The molecule has 1 aliphatic heterocycles.